The molecule has 0 spiro atoms. The quantitative estimate of drug-likeness (QED) is 0.697. The van der Waals surface area contributed by atoms with Crippen LogP contribution in [0.3, 0.4) is 0 Å². The molecule has 1 heterocycles. The van der Waals surface area contributed by atoms with Gasteiger partial charge in [-0.2, -0.15) is 0 Å². The zero-order valence-electron chi connectivity index (χ0n) is 16.8. The summed E-state index contributed by atoms with van der Waals surface area (Å²) in [5.74, 6) is 0.0782. The average Bonchev–Trinajstić information content (AvgIpc) is 3.16. The Hall–Kier alpha value is -3.02. The first-order valence-corrected chi connectivity index (χ1v) is 10.1. The van der Waals surface area contributed by atoms with Crippen molar-refractivity contribution in [3.05, 3.63) is 65.2 Å². The molecule has 1 aliphatic rings. The highest BCUT2D eigenvalue weighted by Gasteiger charge is 2.23. The first kappa shape index (κ1) is 19.3. The van der Waals surface area contributed by atoms with Gasteiger partial charge in [0, 0.05) is 11.6 Å². The molecule has 1 aliphatic carbocycles. The smallest absolute Gasteiger partial charge is 0.291 e. The third-order valence-electron chi connectivity index (χ3n) is 5.45. The number of aromatic nitrogens is 3. The van der Waals surface area contributed by atoms with Crippen molar-refractivity contribution < 1.29 is 9.18 Å². The van der Waals surface area contributed by atoms with Gasteiger partial charge in [-0.25, -0.2) is 14.1 Å². The molecule has 0 saturated heterocycles. The first-order valence-electron chi connectivity index (χ1n) is 10.1. The van der Waals surface area contributed by atoms with Gasteiger partial charge in [-0.05, 0) is 68.1 Å². The van der Waals surface area contributed by atoms with Gasteiger partial charge in [-0.3, -0.25) is 4.79 Å². The lowest BCUT2D eigenvalue weighted by molar-refractivity contribution is 0.0917. The molecule has 1 N–H and O–H groups in total. The highest BCUT2D eigenvalue weighted by molar-refractivity contribution is 5.91. The maximum atomic E-state index is 13.4. The predicted molar refractivity (Wildman–Crippen MR) is 111 cm³/mol. The van der Waals surface area contributed by atoms with Crippen molar-refractivity contribution in [3.8, 4) is 17.1 Å². The van der Waals surface area contributed by atoms with Gasteiger partial charge in [0.2, 0.25) is 5.82 Å². The Kier molecular flexibility index (Phi) is 5.43. The molecule has 4 rings (SSSR count). The fourth-order valence-electron chi connectivity index (χ4n) is 3.81. The van der Waals surface area contributed by atoms with Crippen LogP contribution >= 0.6 is 0 Å². The van der Waals surface area contributed by atoms with E-state index < -0.39 is 0 Å². The summed E-state index contributed by atoms with van der Waals surface area (Å²) in [6.45, 7) is 4.00. The van der Waals surface area contributed by atoms with Gasteiger partial charge in [-0.15, -0.1) is 5.10 Å². The van der Waals surface area contributed by atoms with Gasteiger partial charge in [0.25, 0.3) is 5.91 Å². The number of hydrogen-bond donors (Lipinski definition) is 1. The number of hydrogen-bond acceptors (Lipinski definition) is 3. The number of rotatable bonds is 4. The van der Waals surface area contributed by atoms with E-state index in [1.54, 1.807) is 16.8 Å². The molecule has 6 heteroatoms. The van der Waals surface area contributed by atoms with Crippen LogP contribution in [0.2, 0.25) is 0 Å². The van der Waals surface area contributed by atoms with E-state index in [0.29, 0.717) is 11.4 Å². The van der Waals surface area contributed by atoms with Gasteiger partial charge in [0.15, 0.2) is 5.82 Å². The fraction of sp³-hybridized carbons (Fsp3) is 0.348. The maximum absolute atomic E-state index is 13.4. The third kappa shape index (κ3) is 4.21. The Bertz CT molecular complexity index is 1020. The van der Waals surface area contributed by atoms with Crippen LogP contribution in [0.5, 0.6) is 0 Å². The van der Waals surface area contributed by atoms with Crippen molar-refractivity contribution >= 4 is 5.91 Å². The molecular weight excluding hydrogens is 367 g/mol. The van der Waals surface area contributed by atoms with Gasteiger partial charge in [0.1, 0.15) is 5.82 Å². The Labute approximate surface area is 170 Å². The zero-order valence-corrected chi connectivity index (χ0v) is 16.8. The molecule has 1 amide bonds. The van der Waals surface area contributed by atoms with Crippen LogP contribution in [-0.4, -0.2) is 26.7 Å². The second-order valence-corrected chi connectivity index (χ2v) is 7.78. The van der Waals surface area contributed by atoms with Crippen molar-refractivity contribution in [1.82, 2.24) is 20.1 Å². The standard InChI is InChI=1S/C23H25FN4O/c1-15-8-9-16(2)20(14-15)28-22(17-10-12-18(24)13-11-17)26-21(27-28)23(29)25-19-6-4-3-5-7-19/h8-14,19H,3-7H2,1-2H3,(H,25,29). The predicted octanol–water partition coefficient (Wildman–Crippen LogP) is 4.75. The van der Waals surface area contributed by atoms with E-state index in [2.05, 4.69) is 15.4 Å². The minimum Gasteiger partial charge on any atom is -0.347 e. The van der Waals surface area contributed by atoms with Crippen LogP contribution in [0.25, 0.3) is 17.1 Å². The molecule has 1 fully saturated rings. The largest absolute Gasteiger partial charge is 0.347 e. The minimum absolute atomic E-state index is 0.135. The summed E-state index contributed by atoms with van der Waals surface area (Å²) in [6.07, 6.45) is 5.48. The van der Waals surface area contributed by atoms with Crippen molar-refractivity contribution in [2.45, 2.75) is 52.0 Å². The Balaban J connectivity index is 1.75. The molecule has 1 aromatic heterocycles. The third-order valence-corrected chi connectivity index (χ3v) is 5.45. The first-order chi connectivity index (χ1) is 14.0. The van der Waals surface area contributed by atoms with E-state index in [1.165, 1.54) is 18.6 Å². The van der Waals surface area contributed by atoms with Crippen molar-refractivity contribution in [3.63, 3.8) is 0 Å². The molecule has 29 heavy (non-hydrogen) atoms. The second-order valence-electron chi connectivity index (χ2n) is 7.78. The van der Waals surface area contributed by atoms with Crippen LogP contribution in [0.4, 0.5) is 4.39 Å². The second kappa shape index (κ2) is 8.15. The molecule has 5 nitrogen and oxygen atoms in total. The number of aryl methyl sites for hydroxylation is 2. The summed E-state index contributed by atoms with van der Waals surface area (Å²) in [7, 11) is 0. The molecule has 150 valence electrons. The molecule has 0 aliphatic heterocycles. The summed E-state index contributed by atoms with van der Waals surface area (Å²) in [5, 5.41) is 7.62. The lowest BCUT2D eigenvalue weighted by Gasteiger charge is -2.21. The highest BCUT2D eigenvalue weighted by atomic mass is 19.1. The molecule has 0 atom stereocenters. The van der Waals surface area contributed by atoms with E-state index >= 15 is 0 Å². The van der Waals surface area contributed by atoms with E-state index in [9.17, 15) is 9.18 Å². The maximum Gasteiger partial charge on any atom is 0.291 e. The van der Waals surface area contributed by atoms with Gasteiger partial charge in [0.05, 0.1) is 5.69 Å². The average molecular weight is 392 g/mol. The number of nitrogens with zero attached hydrogens (tertiary/aromatic N) is 3. The van der Waals surface area contributed by atoms with E-state index in [0.717, 1.165) is 42.5 Å². The number of carbonyl (C=O) groups is 1. The lowest BCUT2D eigenvalue weighted by atomic mass is 9.95. The van der Waals surface area contributed by atoms with Crippen LogP contribution in [0.1, 0.15) is 53.8 Å². The number of benzene rings is 2. The highest BCUT2D eigenvalue weighted by Crippen LogP contribution is 2.25. The molecule has 2 aromatic carbocycles. The summed E-state index contributed by atoms with van der Waals surface area (Å²) in [5.41, 5.74) is 3.66. The summed E-state index contributed by atoms with van der Waals surface area (Å²) in [4.78, 5) is 17.4. The van der Waals surface area contributed by atoms with Crippen molar-refractivity contribution in [2.24, 2.45) is 0 Å². The molecular formula is C23H25FN4O. The topological polar surface area (TPSA) is 59.8 Å². The van der Waals surface area contributed by atoms with E-state index in [4.69, 9.17) is 0 Å². The van der Waals surface area contributed by atoms with Gasteiger partial charge >= 0.3 is 0 Å². The van der Waals surface area contributed by atoms with Gasteiger partial charge in [-0.1, -0.05) is 31.4 Å². The minimum atomic E-state index is -0.318. The normalized spacial score (nSPS) is 14.7. The Morgan fingerprint density at radius 2 is 1.79 bits per heavy atom. The SMILES string of the molecule is Cc1ccc(C)c(-n2nc(C(=O)NC3CCCCC3)nc2-c2ccc(F)cc2)c1. The number of nitrogens with one attached hydrogen (secondary N) is 1. The van der Waals surface area contributed by atoms with Gasteiger partial charge < -0.3 is 5.32 Å². The summed E-state index contributed by atoms with van der Waals surface area (Å²) in [6, 6.07) is 12.3. The van der Waals surface area contributed by atoms with Crippen LogP contribution in [0.15, 0.2) is 42.5 Å². The number of halogens is 1. The lowest BCUT2D eigenvalue weighted by Crippen LogP contribution is -2.36. The summed E-state index contributed by atoms with van der Waals surface area (Å²) < 4.78 is 15.1. The van der Waals surface area contributed by atoms with E-state index in [1.807, 2.05) is 32.0 Å². The zero-order chi connectivity index (χ0) is 20.4. The fourth-order valence-corrected chi connectivity index (χ4v) is 3.81. The monoisotopic (exact) mass is 392 g/mol. The van der Waals surface area contributed by atoms with Crippen LogP contribution in [0, 0.1) is 19.7 Å². The Morgan fingerprint density at radius 1 is 1.07 bits per heavy atom. The molecule has 1 saturated carbocycles. The van der Waals surface area contributed by atoms with E-state index in [-0.39, 0.29) is 23.6 Å². The molecule has 3 aromatic rings. The molecule has 0 unspecified atom stereocenters. The number of amides is 1. The molecule has 0 radical (unpaired) electrons. The summed E-state index contributed by atoms with van der Waals surface area (Å²) >= 11 is 0. The van der Waals surface area contributed by atoms with Crippen LogP contribution in [-0.2, 0) is 0 Å². The van der Waals surface area contributed by atoms with Crippen molar-refractivity contribution in [1.29, 1.82) is 0 Å². The number of carbonyl (C=O) groups excluding carboxylic acids is 1. The Morgan fingerprint density at radius 3 is 2.52 bits per heavy atom. The molecule has 0 bridgehead atoms. The van der Waals surface area contributed by atoms with Crippen LogP contribution < -0.4 is 5.32 Å². The van der Waals surface area contributed by atoms with Crippen molar-refractivity contribution in [2.75, 3.05) is 0 Å².